The Morgan fingerprint density at radius 2 is 1.60 bits per heavy atom. The maximum absolute atomic E-state index is 13.0. The second-order valence-corrected chi connectivity index (χ2v) is 8.87. The number of guanidine groups is 1. The molecule has 6 nitrogen and oxygen atoms in total. The smallest absolute Gasteiger partial charge is 0.243 e. The third-order valence-corrected chi connectivity index (χ3v) is 6.68. The Labute approximate surface area is 195 Å². The van der Waals surface area contributed by atoms with Crippen molar-refractivity contribution in [1.29, 1.82) is 0 Å². The molecule has 1 fully saturated rings. The van der Waals surface area contributed by atoms with Gasteiger partial charge in [-0.2, -0.15) is 4.31 Å². The first kappa shape index (κ1) is 24.5. The summed E-state index contributed by atoms with van der Waals surface area (Å²) in [6, 6.07) is 13.2. The summed E-state index contributed by atoms with van der Waals surface area (Å²) in [7, 11) is -3.39. The van der Waals surface area contributed by atoms with Crippen molar-refractivity contribution in [3.05, 3.63) is 65.5 Å². The fraction of sp³-hybridized carbons (Fsp3) is 0.381. The van der Waals surface area contributed by atoms with Crippen LogP contribution in [0.25, 0.3) is 0 Å². The Morgan fingerprint density at radius 3 is 2.20 bits per heavy atom. The molecule has 1 aliphatic heterocycles. The van der Waals surface area contributed by atoms with E-state index in [9.17, 15) is 12.8 Å². The molecular weight excluding hydrogens is 518 g/mol. The zero-order valence-electron chi connectivity index (χ0n) is 17.0. The summed E-state index contributed by atoms with van der Waals surface area (Å²) in [6.07, 6.45) is 1.84. The summed E-state index contributed by atoms with van der Waals surface area (Å²) < 4.78 is 39.7. The normalized spacial score (nSPS) is 14.9. The number of hydrogen-bond donors (Lipinski definition) is 2. The predicted molar refractivity (Wildman–Crippen MR) is 128 cm³/mol. The maximum Gasteiger partial charge on any atom is 0.243 e. The molecule has 2 aromatic carbocycles. The van der Waals surface area contributed by atoms with E-state index < -0.39 is 10.0 Å². The number of rotatable bonds is 7. The molecule has 3 rings (SSSR count). The topological polar surface area (TPSA) is 73.8 Å². The lowest BCUT2D eigenvalue weighted by molar-refractivity contribution is 0.477. The monoisotopic (exact) mass is 546 g/mol. The van der Waals surface area contributed by atoms with Crippen LogP contribution < -0.4 is 10.6 Å². The first-order valence-corrected chi connectivity index (χ1v) is 11.3. The molecule has 0 radical (unpaired) electrons. The van der Waals surface area contributed by atoms with Gasteiger partial charge in [0.25, 0.3) is 0 Å². The van der Waals surface area contributed by atoms with Gasteiger partial charge in [-0.3, -0.25) is 0 Å². The van der Waals surface area contributed by atoms with E-state index in [2.05, 4.69) is 15.6 Å². The molecule has 0 aromatic heterocycles. The first-order chi connectivity index (χ1) is 14.0. The number of nitrogens with zero attached hydrogens (tertiary/aromatic N) is 2. The third kappa shape index (κ3) is 6.64. The number of benzene rings is 2. The fourth-order valence-electron chi connectivity index (χ4n) is 3.14. The van der Waals surface area contributed by atoms with E-state index in [4.69, 9.17) is 0 Å². The van der Waals surface area contributed by atoms with Crippen LogP contribution in [-0.4, -0.2) is 38.3 Å². The molecule has 164 valence electrons. The van der Waals surface area contributed by atoms with Crippen molar-refractivity contribution >= 4 is 40.0 Å². The van der Waals surface area contributed by atoms with Gasteiger partial charge in [0, 0.05) is 26.2 Å². The van der Waals surface area contributed by atoms with Crippen molar-refractivity contribution in [1.82, 2.24) is 14.9 Å². The van der Waals surface area contributed by atoms with Crippen molar-refractivity contribution in [3.8, 4) is 0 Å². The molecule has 0 atom stereocenters. The van der Waals surface area contributed by atoms with Crippen LogP contribution in [0.5, 0.6) is 0 Å². The molecule has 0 unspecified atom stereocenters. The van der Waals surface area contributed by atoms with Gasteiger partial charge in [0.15, 0.2) is 5.96 Å². The first-order valence-electron chi connectivity index (χ1n) is 9.85. The molecule has 2 aromatic rings. The average molecular weight is 546 g/mol. The van der Waals surface area contributed by atoms with Crippen LogP contribution in [0.3, 0.4) is 0 Å². The van der Waals surface area contributed by atoms with Crippen LogP contribution in [0.4, 0.5) is 4.39 Å². The lowest BCUT2D eigenvalue weighted by atomic mass is 10.2. The Balaban J connectivity index is 0.00000320. The Morgan fingerprint density at radius 1 is 1.00 bits per heavy atom. The number of nitrogens with one attached hydrogen (secondary N) is 2. The molecule has 2 N–H and O–H groups in total. The van der Waals surface area contributed by atoms with E-state index in [0.29, 0.717) is 43.6 Å². The molecule has 30 heavy (non-hydrogen) atoms. The molecule has 0 bridgehead atoms. The molecule has 0 aliphatic carbocycles. The summed E-state index contributed by atoms with van der Waals surface area (Å²) in [4.78, 5) is 4.87. The van der Waals surface area contributed by atoms with Crippen LogP contribution in [0.1, 0.15) is 30.9 Å². The van der Waals surface area contributed by atoms with Crippen LogP contribution >= 0.6 is 24.0 Å². The highest BCUT2D eigenvalue weighted by Gasteiger charge is 2.26. The standard InChI is InChI=1S/C21H27FN4O2S.HI/c1-2-23-21(24-15-17-5-9-19(22)10-6-17)25-16-18-7-11-20(12-8-18)29(27,28)26-13-3-4-14-26;/h5-12H,2-4,13-16H2,1H3,(H2,23,24,25);1H. The molecule has 0 spiro atoms. The Hall–Kier alpha value is -1.72. The summed E-state index contributed by atoms with van der Waals surface area (Å²) >= 11 is 0. The minimum absolute atomic E-state index is 0. The lowest BCUT2D eigenvalue weighted by Gasteiger charge is -2.15. The van der Waals surface area contributed by atoms with Gasteiger partial charge in [0.1, 0.15) is 5.82 Å². The molecule has 0 amide bonds. The molecule has 0 saturated carbocycles. The zero-order chi connectivity index (χ0) is 20.7. The summed E-state index contributed by atoms with van der Waals surface area (Å²) in [6.45, 7) is 4.83. The van der Waals surface area contributed by atoms with Crippen LogP contribution in [0.15, 0.2) is 58.4 Å². The highest BCUT2D eigenvalue weighted by Crippen LogP contribution is 2.21. The van der Waals surface area contributed by atoms with Crippen LogP contribution in [0, 0.1) is 5.82 Å². The van der Waals surface area contributed by atoms with E-state index >= 15 is 0 Å². The SMILES string of the molecule is CCNC(=NCc1ccc(S(=O)(=O)N2CCCC2)cc1)NCc1ccc(F)cc1.I. The molecular formula is C21H28FIN4O2S. The van der Waals surface area contributed by atoms with Gasteiger partial charge >= 0.3 is 0 Å². The van der Waals surface area contributed by atoms with Gasteiger partial charge < -0.3 is 10.6 Å². The maximum atomic E-state index is 13.0. The van der Waals surface area contributed by atoms with E-state index in [1.165, 1.54) is 12.1 Å². The number of sulfonamides is 1. The van der Waals surface area contributed by atoms with E-state index in [0.717, 1.165) is 24.0 Å². The quantitative estimate of drug-likeness (QED) is 0.317. The molecule has 1 saturated heterocycles. The fourth-order valence-corrected chi connectivity index (χ4v) is 4.66. The molecule has 1 aliphatic rings. The Kier molecular flexibility index (Phi) is 9.50. The number of halogens is 2. The highest BCUT2D eigenvalue weighted by atomic mass is 127. The lowest BCUT2D eigenvalue weighted by Crippen LogP contribution is -2.36. The average Bonchev–Trinajstić information content (AvgIpc) is 3.27. The van der Waals surface area contributed by atoms with Crippen molar-refractivity contribution in [2.75, 3.05) is 19.6 Å². The van der Waals surface area contributed by atoms with E-state index in [-0.39, 0.29) is 29.8 Å². The molecule has 9 heteroatoms. The van der Waals surface area contributed by atoms with Crippen molar-refractivity contribution in [2.45, 2.75) is 37.8 Å². The van der Waals surface area contributed by atoms with Crippen LogP contribution in [0.2, 0.25) is 0 Å². The summed E-state index contributed by atoms with van der Waals surface area (Å²) in [5.41, 5.74) is 1.87. The number of hydrogen-bond acceptors (Lipinski definition) is 3. The summed E-state index contributed by atoms with van der Waals surface area (Å²) in [5, 5.41) is 6.38. The van der Waals surface area contributed by atoms with Crippen LogP contribution in [-0.2, 0) is 23.1 Å². The van der Waals surface area contributed by atoms with Gasteiger partial charge in [-0.25, -0.2) is 17.8 Å². The summed E-state index contributed by atoms with van der Waals surface area (Å²) in [5.74, 6) is 0.384. The van der Waals surface area contributed by atoms with E-state index in [1.807, 2.05) is 6.92 Å². The minimum atomic E-state index is -3.39. The second-order valence-electron chi connectivity index (χ2n) is 6.93. The van der Waals surface area contributed by atoms with Crippen molar-refractivity contribution in [3.63, 3.8) is 0 Å². The van der Waals surface area contributed by atoms with Gasteiger partial charge in [-0.15, -0.1) is 24.0 Å². The number of aliphatic imine (C=N–C) groups is 1. The van der Waals surface area contributed by atoms with Gasteiger partial charge in [-0.05, 0) is 55.2 Å². The highest BCUT2D eigenvalue weighted by molar-refractivity contribution is 14.0. The minimum Gasteiger partial charge on any atom is -0.357 e. The van der Waals surface area contributed by atoms with E-state index in [1.54, 1.807) is 40.7 Å². The second kappa shape index (κ2) is 11.6. The third-order valence-electron chi connectivity index (χ3n) is 4.76. The van der Waals surface area contributed by atoms with Gasteiger partial charge in [-0.1, -0.05) is 24.3 Å². The van der Waals surface area contributed by atoms with Crippen molar-refractivity contribution < 1.29 is 12.8 Å². The largest absolute Gasteiger partial charge is 0.357 e. The Bertz CT molecular complexity index is 928. The van der Waals surface area contributed by atoms with Crippen molar-refractivity contribution in [2.24, 2.45) is 4.99 Å². The van der Waals surface area contributed by atoms with Gasteiger partial charge in [0.05, 0.1) is 11.4 Å². The zero-order valence-corrected chi connectivity index (χ0v) is 20.1. The molecule has 1 heterocycles. The van der Waals surface area contributed by atoms with Gasteiger partial charge in [0.2, 0.25) is 10.0 Å². The predicted octanol–water partition coefficient (Wildman–Crippen LogP) is 3.48.